The maximum Gasteiger partial charge on any atom is 0.223 e. The summed E-state index contributed by atoms with van der Waals surface area (Å²) in [6.45, 7) is 1.02. The van der Waals surface area contributed by atoms with Crippen LogP contribution < -0.4 is 10.5 Å². The molecule has 1 aromatic carbocycles. The molecule has 1 heterocycles. The Morgan fingerprint density at radius 2 is 2.21 bits per heavy atom. The minimum Gasteiger partial charge on any atom is -0.496 e. The van der Waals surface area contributed by atoms with Crippen LogP contribution in [-0.2, 0) is 16.0 Å². The number of nitrogens with zero attached hydrogens (tertiary/aromatic N) is 1. The molecule has 102 valence electrons. The number of rotatable bonds is 5. The van der Waals surface area contributed by atoms with Crippen LogP contribution >= 0.6 is 0 Å². The van der Waals surface area contributed by atoms with E-state index in [-0.39, 0.29) is 18.2 Å². The van der Waals surface area contributed by atoms with Gasteiger partial charge in [0.2, 0.25) is 11.8 Å². The Balaban J connectivity index is 1.96. The molecule has 0 saturated carbocycles. The summed E-state index contributed by atoms with van der Waals surface area (Å²) in [7, 11) is 1.63. The van der Waals surface area contributed by atoms with Gasteiger partial charge in [-0.15, -0.1) is 0 Å². The van der Waals surface area contributed by atoms with Gasteiger partial charge in [0.15, 0.2) is 0 Å². The fourth-order valence-electron chi connectivity index (χ4n) is 2.34. The number of hydrogen-bond acceptors (Lipinski definition) is 3. The Morgan fingerprint density at radius 3 is 2.84 bits per heavy atom. The molecule has 1 aliphatic rings. The molecule has 1 saturated heterocycles. The highest BCUT2D eigenvalue weighted by Gasteiger charge is 2.32. The van der Waals surface area contributed by atoms with E-state index >= 15 is 0 Å². The molecule has 0 aromatic heterocycles. The number of carbonyl (C=O) groups is 2. The van der Waals surface area contributed by atoms with Gasteiger partial charge < -0.3 is 15.4 Å². The molecule has 1 aliphatic heterocycles. The highest BCUT2D eigenvalue weighted by molar-refractivity contribution is 5.88. The lowest BCUT2D eigenvalue weighted by molar-refractivity contribution is -0.128. The highest BCUT2D eigenvalue weighted by Crippen LogP contribution is 2.21. The largest absolute Gasteiger partial charge is 0.496 e. The predicted molar refractivity (Wildman–Crippen MR) is 70.6 cm³/mol. The van der Waals surface area contributed by atoms with Gasteiger partial charge in [-0.3, -0.25) is 9.59 Å². The molecule has 0 aliphatic carbocycles. The van der Waals surface area contributed by atoms with Gasteiger partial charge in [-0.2, -0.15) is 0 Å². The normalized spacial score (nSPS) is 18.7. The third-order valence-electron chi connectivity index (χ3n) is 3.46. The molecule has 19 heavy (non-hydrogen) atoms. The molecule has 0 radical (unpaired) electrons. The summed E-state index contributed by atoms with van der Waals surface area (Å²) < 4.78 is 5.27. The average molecular weight is 262 g/mol. The van der Waals surface area contributed by atoms with Crippen molar-refractivity contribution in [3.63, 3.8) is 0 Å². The van der Waals surface area contributed by atoms with Gasteiger partial charge in [-0.25, -0.2) is 0 Å². The second kappa shape index (κ2) is 5.73. The standard InChI is InChI=1S/C14H18N2O3/c1-19-12-5-3-2-4-10(12)6-7-16-9-11(14(15)18)8-13(16)17/h2-5,11H,6-9H2,1H3,(H2,15,18). The first-order valence-electron chi connectivity index (χ1n) is 6.30. The summed E-state index contributed by atoms with van der Waals surface area (Å²) in [4.78, 5) is 24.5. The van der Waals surface area contributed by atoms with Gasteiger partial charge in [-0.1, -0.05) is 18.2 Å². The van der Waals surface area contributed by atoms with Crippen molar-refractivity contribution >= 4 is 11.8 Å². The maximum absolute atomic E-state index is 11.8. The van der Waals surface area contributed by atoms with E-state index in [1.165, 1.54) is 0 Å². The monoisotopic (exact) mass is 262 g/mol. The van der Waals surface area contributed by atoms with Crippen molar-refractivity contribution in [2.45, 2.75) is 12.8 Å². The van der Waals surface area contributed by atoms with Gasteiger partial charge in [0.05, 0.1) is 13.0 Å². The van der Waals surface area contributed by atoms with E-state index < -0.39 is 5.91 Å². The number of likely N-dealkylation sites (tertiary alicyclic amines) is 1. The molecule has 2 N–H and O–H groups in total. The molecule has 5 nitrogen and oxygen atoms in total. The third-order valence-corrected chi connectivity index (χ3v) is 3.46. The van der Waals surface area contributed by atoms with E-state index in [2.05, 4.69) is 0 Å². The molecule has 1 aromatic rings. The highest BCUT2D eigenvalue weighted by atomic mass is 16.5. The van der Waals surface area contributed by atoms with Crippen LogP contribution in [0.3, 0.4) is 0 Å². The molecule has 2 rings (SSSR count). The zero-order chi connectivity index (χ0) is 13.8. The smallest absolute Gasteiger partial charge is 0.223 e. The van der Waals surface area contributed by atoms with E-state index in [1.54, 1.807) is 12.0 Å². The van der Waals surface area contributed by atoms with Crippen LogP contribution in [0.4, 0.5) is 0 Å². The first kappa shape index (κ1) is 13.4. The first-order chi connectivity index (χ1) is 9.11. The van der Waals surface area contributed by atoms with Crippen LogP contribution in [0.2, 0.25) is 0 Å². The summed E-state index contributed by atoms with van der Waals surface area (Å²) in [5, 5.41) is 0. The second-order valence-electron chi connectivity index (χ2n) is 4.71. The lowest BCUT2D eigenvalue weighted by Crippen LogP contribution is -2.30. The van der Waals surface area contributed by atoms with Crippen LogP contribution in [0, 0.1) is 5.92 Å². The summed E-state index contributed by atoms with van der Waals surface area (Å²) in [6.07, 6.45) is 0.947. The zero-order valence-corrected chi connectivity index (χ0v) is 11.0. The van der Waals surface area contributed by atoms with Crippen molar-refractivity contribution in [3.8, 4) is 5.75 Å². The number of benzene rings is 1. The number of primary amides is 1. The Hall–Kier alpha value is -2.04. The Bertz CT molecular complexity index is 487. The average Bonchev–Trinajstić information content (AvgIpc) is 2.78. The van der Waals surface area contributed by atoms with E-state index in [0.717, 1.165) is 11.3 Å². The van der Waals surface area contributed by atoms with Gasteiger partial charge in [0.1, 0.15) is 5.75 Å². The molecule has 0 bridgehead atoms. The van der Waals surface area contributed by atoms with Gasteiger partial charge in [0, 0.05) is 19.5 Å². The van der Waals surface area contributed by atoms with E-state index in [1.807, 2.05) is 24.3 Å². The van der Waals surface area contributed by atoms with Crippen LogP contribution in [0.5, 0.6) is 5.75 Å². The second-order valence-corrected chi connectivity index (χ2v) is 4.71. The lowest BCUT2D eigenvalue weighted by Gasteiger charge is -2.17. The number of carbonyl (C=O) groups excluding carboxylic acids is 2. The molecular formula is C14H18N2O3. The van der Waals surface area contributed by atoms with Crippen LogP contribution in [0.25, 0.3) is 0 Å². The van der Waals surface area contributed by atoms with Crippen LogP contribution in [-0.4, -0.2) is 36.9 Å². The fraction of sp³-hybridized carbons (Fsp3) is 0.429. The van der Waals surface area contributed by atoms with E-state index in [4.69, 9.17) is 10.5 Å². The Morgan fingerprint density at radius 1 is 1.47 bits per heavy atom. The van der Waals surface area contributed by atoms with Crippen molar-refractivity contribution in [3.05, 3.63) is 29.8 Å². The number of hydrogen-bond donors (Lipinski definition) is 1. The predicted octanol–water partition coefficient (Wildman–Crippen LogP) is 0.571. The number of para-hydroxylation sites is 1. The summed E-state index contributed by atoms with van der Waals surface area (Å²) >= 11 is 0. The molecule has 1 fully saturated rings. The Labute approximate surface area is 112 Å². The molecular weight excluding hydrogens is 244 g/mol. The van der Waals surface area contributed by atoms with E-state index in [9.17, 15) is 9.59 Å². The van der Waals surface area contributed by atoms with E-state index in [0.29, 0.717) is 19.5 Å². The summed E-state index contributed by atoms with van der Waals surface area (Å²) in [6, 6.07) is 7.72. The first-order valence-corrected chi connectivity index (χ1v) is 6.30. The van der Waals surface area contributed by atoms with Crippen LogP contribution in [0.1, 0.15) is 12.0 Å². The number of ether oxygens (including phenoxy) is 1. The summed E-state index contributed by atoms with van der Waals surface area (Å²) in [5.41, 5.74) is 6.29. The third kappa shape index (κ3) is 3.05. The minimum atomic E-state index is -0.395. The Kier molecular flexibility index (Phi) is 4.04. The minimum absolute atomic E-state index is 0.00121. The number of methoxy groups -OCH3 is 1. The maximum atomic E-state index is 11.8. The molecule has 1 atom stereocenters. The quantitative estimate of drug-likeness (QED) is 0.843. The van der Waals surface area contributed by atoms with Gasteiger partial charge in [-0.05, 0) is 18.1 Å². The molecule has 5 heteroatoms. The fourth-order valence-corrected chi connectivity index (χ4v) is 2.34. The molecule has 0 spiro atoms. The van der Waals surface area contributed by atoms with Crippen molar-refractivity contribution < 1.29 is 14.3 Å². The van der Waals surface area contributed by atoms with Crippen molar-refractivity contribution in [1.29, 1.82) is 0 Å². The SMILES string of the molecule is COc1ccccc1CCN1CC(C(N)=O)CC1=O. The number of amides is 2. The molecule has 2 amide bonds. The van der Waals surface area contributed by atoms with Crippen LogP contribution in [0.15, 0.2) is 24.3 Å². The lowest BCUT2D eigenvalue weighted by atomic mass is 10.1. The van der Waals surface area contributed by atoms with Gasteiger partial charge in [0.25, 0.3) is 0 Å². The summed E-state index contributed by atoms with van der Waals surface area (Å²) in [5.74, 6) is 0.0811. The number of nitrogens with two attached hydrogens (primary N) is 1. The topological polar surface area (TPSA) is 72.6 Å². The van der Waals surface area contributed by atoms with Crippen molar-refractivity contribution in [1.82, 2.24) is 4.90 Å². The van der Waals surface area contributed by atoms with Crippen molar-refractivity contribution in [2.75, 3.05) is 20.2 Å². The van der Waals surface area contributed by atoms with Crippen molar-refractivity contribution in [2.24, 2.45) is 11.7 Å². The van der Waals surface area contributed by atoms with Gasteiger partial charge >= 0.3 is 0 Å². The zero-order valence-electron chi connectivity index (χ0n) is 11.0. The molecule has 1 unspecified atom stereocenters.